The third-order valence-electron chi connectivity index (χ3n) is 5.86. The van der Waals surface area contributed by atoms with E-state index in [1.54, 1.807) is 0 Å². The van der Waals surface area contributed by atoms with E-state index in [4.69, 9.17) is 5.73 Å². The van der Waals surface area contributed by atoms with Crippen molar-refractivity contribution in [2.45, 2.75) is 57.4 Å². The first-order chi connectivity index (χ1) is 10.3. The second-order valence-corrected chi connectivity index (χ2v) is 7.32. The zero-order valence-electron chi connectivity index (χ0n) is 13.3. The zero-order chi connectivity index (χ0) is 14.7. The lowest BCUT2D eigenvalue weighted by Crippen LogP contribution is -2.53. The third-order valence-corrected chi connectivity index (χ3v) is 5.86. The molecule has 1 amide bonds. The summed E-state index contributed by atoms with van der Waals surface area (Å²) >= 11 is 0. The van der Waals surface area contributed by atoms with Crippen molar-refractivity contribution >= 4 is 5.91 Å². The van der Waals surface area contributed by atoms with Crippen LogP contribution >= 0.6 is 0 Å². The van der Waals surface area contributed by atoms with Gasteiger partial charge in [0.2, 0.25) is 5.91 Å². The molecule has 21 heavy (non-hydrogen) atoms. The molecule has 3 aliphatic rings. The van der Waals surface area contributed by atoms with E-state index in [0.717, 1.165) is 32.1 Å². The van der Waals surface area contributed by atoms with Crippen molar-refractivity contribution in [1.29, 1.82) is 0 Å². The largest absolute Gasteiger partial charge is 0.338 e. The summed E-state index contributed by atoms with van der Waals surface area (Å²) in [5.74, 6) is 1.76. The quantitative estimate of drug-likeness (QED) is 0.864. The summed E-state index contributed by atoms with van der Waals surface area (Å²) in [5, 5.41) is 0. The minimum Gasteiger partial charge on any atom is -0.338 e. The Morgan fingerprint density at radius 1 is 1.00 bits per heavy atom. The Balaban J connectivity index is 1.56. The van der Waals surface area contributed by atoms with Crippen LogP contribution in [0, 0.1) is 11.8 Å². The van der Waals surface area contributed by atoms with E-state index in [1.807, 2.05) is 0 Å². The smallest absolute Gasteiger partial charge is 0.237 e. The molecule has 0 aromatic carbocycles. The fourth-order valence-electron chi connectivity index (χ4n) is 4.70. The predicted molar refractivity (Wildman–Crippen MR) is 84.9 cm³/mol. The highest BCUT2D eigenvalue weighted by Gasteiger charge is 2.36. The standard InChI is InChI=1S/C17H31N3O/c18-11-14-5-3-9-19(12-14)13-17(21)20-10-4-7-15-6-1-2-8-16(15)20/h14-16H,1-13,18H2. The molecule has 2 heterocycles. The van der Waals surface area contributed by atoms with Crippen LogP contribution in [0.2, 0.25) is 0 Å². The first-order valence-electron chi connectivity index (χ1n) is 9.00. The molecule has 1 aliphatic carbocycles. The molecular weight excluding hydrogens is 262 g/mol. The van der Waals surface area contributed by atoms with Crippen LogP contribution in [0.1, 0.15) is 51.4 Å². The van der Waals surface area contributed by atoms with Gasteiger partial charge in [-0.1, -0.05) is 12.8 Å². The Morgan fingerprint density at radius 2 is 1.76 bits per heavy atom. The highest BCUT2D eigenvalue weighted by Crippen LogP contribution is 2.35. The van der Waals surface area contributed by atoms with Crippen LogP contribution in [0.25, 0.3) is 0 Å². The minimum atomic E-state index is 0.379. The van der Waals surface area contributed by atoms with Gasteiger partial charge in [-0.3, -0.25) is 9.69 Å². The third kappa shape index (κ3) is 3.59. The Bertz CT molecular complexity index is 358. The average molecular weight is 293 g/mol. The van der Waals surface area contributed by atoms with Gasteiger partial charge in [0.05, 0.1) is 6.54 Å². The van der Waals surface area contributed by atoms with Crippen molar-refractivity contribution in [2.24, 2.45) is 17.6 Å². The highest BCUT2D eigenvalue weighted by atomic mass is 16.2. The van der Waals surface area contributed by atoms with Gasteiger partial charge in [0, 0.05) is 19.1 Å². The molecule has 3 rings (SSSR count). The molecule has 3 unspecified atom stereocenters. The number of hydrogen-bond acceptors (Lipinski definition) is 3. The van der Waals surface area contributed by atoms with Crippen molar-refractivity contribution in [3.63, 3.8) is 0 Å². The Morgan fingerprint density at radius 3 is 2.62 bits per heavy atom. The first-order valence-corrected chi connectivity index (χ1v) is 9.00. The zero-order valence-corrected chi connectivity index (χ0v) is 13.3. The van der Waals surface area contributed by atoms with Gasteiger partial charge in [-0.15, -0.1) is 0 Å². The van der Waals surface area contributed by atoms with Gasteiger partial charge in [0.15, 0.2) is 0 Å². The van der Waals surface area contributed by atoms with E-state index in [0.29, 0.717) is 24.4 Å². The van der Waals surface area contributed by atoms with E-state index >= 15 is 0 Å². The Kier molecular flexibility index (Phi) is 5.17. The molecule has 0 aromatic rings. The lowest BCUT2D eigenvalue weighted by atomic mass is 9.78. The molecule has 2 N–H and O–H groups in total. The molecule has 1 saturated carbocycles. The number of likely N-dealkylation sites (tertiary alicyclic amines) is 2. The van der Waals surface area contributed by atoms with Gasteiger partial charge in [0.25, 0.3) is 0 Å². The maximum atomic E-state index is 12.8. The van der Waals surface area contributed by atoms with E-state index in [1.165, 1.54) is 51.4 Å². The monoisotopic (exact) mass is 293 g/mol. The van der Waals surface area contributed by atoms with E-state index < -0.39 is 0 Å². The number of rotatable bonds is 3. The second kappa shape index (κ2) is 7.10. The topological polar surface area (TPSA) is 49.6 Å². The van der Waals surface area contributed by atoms with E-state index in [9.17, 15) is 4.79 Å². The molecule has 0 bridgehead atoms. The van der Waals surface area contributed by atoms with Crippen LogP contribution in [-0.2, 0) is 4.79 Å². The maximum absolute atomic E-state index is 12.8. The summed E-state index contributed by atoms with van der Waals surface area (Å²) in [6, 6.07) is 0.551. The SMILES string of the molecule is NCC1CCCN(CC(=O)N2CCCC3CCCCC32)C1. The predicted octanol–water partition coefficient (Wildman–Crippen LogP) is 1.84. The Hall–Kier alpha value is -0.610. The summed E-state index contributed by atoms with van der Waals surface area (Å²) in [7, 11) is 0. The maximum Gasteiger partial charge on any atom is 0.237 e. The number of nitrogens with two attached hydrogens (primary N) is 1. The van der Waals surface area contributed by atoms with Crippen molar-refractivity contribution in [1.82, 2.24) is 9.80 Å². The van der Waals surface area contributed by atoms with Crippen molar-refractivity contribution < 1.29 is 4.79 Å². The molecule has 3 atom stereocenters. The molecular formula is C17H31N3O. The summed E-state index contributed by atoms with van der Waals surface area (Å²) in [5.41, 5.74) is 5.80. The lowest BCUT2D eigenvalue weighted by Gasteiger charge is -2.45. The van der Waals surface area contributed by atoms with Crippen molar-refractivity contribution in [2.75, 3.05) is 32.7 Å². The van der Waals surface area contributed by atoms with Gasteiger partial charge in [0.1, 0.15) is 0 Å². The number of carbonyl (C=O) groups is 1. The number of nitrogens with zero attached hydrogens (tertiary/aromatic N) is 2. The van der Waals surface area contributed by atoms with Crippen LogP contribution in [0.5, 0.6) is 0 Å². The number of amides is 1. The molecule has 2 aliphatic heterocycles. The Labute approximate surface area is 129 Å². The number of hydrogen-bond donors (Lipinski definition) is 1. The summed E-state index contributed by atoms with van der Waals surface area (Å²) in [6.07, 6.45) is 10.2. The van der Waals surface area contributed by atoms with Crippen LogP contribution in [0.15, 0.2) is 0 Å². The first kappa shape index (κ1) is 15.3. The molecule has 2 saturated heterocycles. The molecule has 0 radical (unpaired) electrons. The molecule has 4 nitrogen and oxygen atoms in total. The average Bonchev–Trinajstić information content (AvgIpc) is 2.54. The molecule has 0 spiro atoms. The fourth-order valence-corrected chi connectivity index (χ4v) is 4.70. The minimum absolute atomic E-state index is 0.379. The van der Waals surface area contributed by atoms with Gasteiger partial charge in [-0.25, -0.2) is 0 Å². The lowest BCUT2D eigenvalue weighted by molar-refractivity contribution is -0.139. The van der Waals surface area contributed by atoms with Gasteiger partial charge in [-0.2, -0.15) is 0 Å². The van der Waals surface area contributed by atoms with E-state index in [2.05, 4.69) is 9.80 Å². The summed E-state index contributed by atoms with van der Waals surface area (Å²) in [4.78, 5) is 17.3. The molecule has 0 aromatic heterocycles. The fraction of sp³-hybridized carbons (Fsp3) is 0.941. The number of carbonyl (C=O) groups excluding carboxylic acids is 1. The van der Waals surface area contributed by atoms with Crippen molar-refractivity contribution in [3.8, 4) is 0 Å². The highest BCUT2D eigenvalue weighted by molar-refractivity contribution is 5.78. The molecule has 4 heteroatoms. The molecule has 120 valence electrons. The van der Waals surface area contributed by atoms with Gasteiger partial charge < -0.3 is 10.6 Å². The van der Waals surface area contributed by atoms with Gasteiger partial charge in [-0.05, 0) is 63.5 Å². The van der Waals surface area contributed by atoms with Crippen LogP contribution < -0.4 is 5.73 Å². The number of fused-ring (bicyclic) bond motifs is 1. The normalized spacial score (nSPS) is 34.5. The van der Waals surface area contributed by atoms with Crippen LogP contribution in [-0.4, -0.2) is 54.5 Å². The second-order valence-electron chi connectivity index (χ2n) is 7.32. The summed E-state index contributed by atoms with van der Waals surface area (Å²) in [6.45, 7) is 4.47. The van der Waals surface area contributed by atoms with Crippen LogP contribution in [0.4, 0.5) is 0 Å². The summed E-state index contributed by atoms with van der Waals surface area (Å²) < 4.78 is 0. The number of piperidine rings is 2. The van der Waals surface area contributed by atoms with Crippen LogP contribution in [0.3, 0.4) is 0 Å². The van der Waals surface area contributed by atoms with E-state index in [-0.39, 0.29) is 0 Å². The van der Waals surface area contributed by atoms with Crippen molar-refractivity contribution in [3.05, 3.63) is 0 Å². The van der Waals surface area contributed by atoms with Gasteiger partial charge >= 0.3 is 0 Å². The molecule has 3 fully saturated rings.